The van der Waals surface area contributed by atoms with Crippen LogP contribution in [0.5, 0.6) is 0 Å². The molecule has 0 radical (unpaired) electrons. The van der Waals surface area contributed by atoms with E-state index in [1.165, 1.54) is 18.1 Å². The number of hydrogen-bond donors (Lipinski definition) is 1. The fraction of sp³-hybridized carbons (Fsp3) is 0.263. The average Bonchev–Trinajstić information content (AvgIpc) is 2.63. The lowest BCUT2D eigenvalue weighted by atomic mass is 10.1. The molecule has 7 heteroatoms. The van der Waals surface area contributed by atoms with Gasteiger partial charge in [0.2, 0.25) is 0 Å². The minimum absolute atomic E-state index is 0.0595. The largest absolute Gasteiger partial charge is 0.481 e. The third kappa shape index (κ3) is 5.10. The predicted molar refractivity (Wildman–Crippen MR) is 90.2 cm³/mol. The molecule has 0 aromatic heterocycles. The van der Waals surface area contributed by atoms with Gasteiger partial charge in [0.05, 0.1) is 6.42 Å². The van der Waals surface area contributed by atoms with Crippen molar-refractivity contribution in [3.63, 3.8) is 0 Å². The number of methoxy groups -OCH3 is 1. The van der Waals surface area contributed by atoms with Crippen molar-refractivity contribution in [2.75, 3.05) is 13.7 Å². The Morgan fingerprint density at radius 1 is 1.12 bits per heavy atom. The molecule has 5 nitrogen and oxygen atoms in total. The van der Waals surface area contributed by atoms with Crippen molar-refractivity contribution in [1.82, 2.24) is 4.90 Å². The molecule has 1 N–H and O–H groups in total. The number of aliphatic carboxylic acids is 1. The highest BCUT2D eigenvalue weighted by atomic mass is 19.2. The SMILES string of the molecule is COC(C(=O)N(CCC(=O)O)Cc1ccc(F)c(F)c1)c1ccccc1. The molecule has 0 aliphatic carbocycles. The standard InChI is InChI=1S/C19H19F2NO4/c1-26-18(14-5-3-2-4-6-14)19(25)22(10-9-17(23)24)12-13-7-8-15(20)16(21)11-13/h2-8,11,18H,9-10,12H2,1H3,(H,23,24). The number of rotatable bonds is 8. The van der Waals surface area contributed by atoms with Gasteiger partial charge in [-0.1, -0.05) is 36.4 Å². The van der Waals surface area contributed by atoms with Gasteiger partial charge in [0.25, 0.3) is 5.91 Å². The van der Waals surface area contributed by atoms with Crippen molar-refractivity contribution in [1.29, 1.82) is 0 Å². The van der Waals surface area contributed by atoms with Crippen LogP contribution in [0.25, 0.3) is 0 Å². The summed E-state index contributed by atoms with van der Waals surface area (Å²) >= 11 is 0. The molecule has 2 rings (SSSR count). The highest BCUT2D eigenvalue weighted by molar-refractivity contribution is 5.82. The normalized spacial score (nSPS) is 11.8. The molecule has 2 aromatic carbocycles. The molecule has 2 aromatic rings. The van der Waals surface area contributed by atoms with Crippen LogP contribution in [0, 0.1) is 11.6 Å². The van der Waals surface area contributed by atoms with E-state index in [0.717, 1.165) is 12.1 Å². The van der Waals surface area contributed by atoms with Crippen molar-refractivity contribution in [3.8, 4) is 0 Å². The van der Waals surface area contributed by atoms with Gasteiger partial charge in [-0.15, -0.1) is 0 Å². The Morgan fingerprint density at radius 3 is 2.38 bits per heavy atom. The van der Waals surface area contributed by atoms with Gasteiger partial charge in [-0.2, -0.15) is 0 Å². The second-order valence-corrected chi connectivity index (χ2v) is 5.68. The molecular formula is C19H19F2NO4. The van der Waals surface area contributed by atoms with Crippen LogP contribution in [-0.2, 0) is 20.9 Å². The number of ether oxygens (including phenoxy) is 1. The van der Waals surface area contributed by atoms with Crippen molar-refractivity contribution >= 4 is 11.9 Å². The molecule has 0 saturated carbocycles. The minimum Gasteiger partial charge on any atom is -0.481 e. The molecule has 1 amide bonds. The van der Waals surface area contributed by atoms with E-state index in [-0.39, 0.29) is 19.5 Å². The molecular weight excluding hydrogens is 344 g/mol. The first-order valence-corrected chi connectivity index (χ1v) is 7.94. The molecule has 0 fully saturated rings. The zero-order valence-corrected chi connectivity index (χ0v) is 14.2. The Balaban J connectivity index is 2.25. The number of nitrogens with zero attached hydrogens (tertiary/aromatic N) is 1. The smallest absolute Gasteiger partial charge is 0.305 e. The average molecular weight is 363 g/mol. The van der Waals surface area contributed by atoms with Gasteiger partial charge in [-0.3, -0.25) is 9.59 Å². The molecule has 0 aliphatic rings. The Hall–Kier alpha value is -2.80. The molecule has 0 bridgehead atoms. The van der Waals surface area contributed by atoms with Crippen LogP contribution in [0.2, 0.25) is 0 Å². The first-order valence-electron chi connectivity index (χ1n) is 7.94. The second-order valence-electron chi connectivity index (χ2n) is 5.68. The fourth-order valence-corrected chi connectivity index (χ4v) is 2.53. The third-order valence-electron chi connectivity index (χ3n) is 3.83. The monoisotopic (exact) mass is 363 g/mol. The summed E-state index contributed by atoms with van der Waals surface area (Å²) in [7, 11) is 1.38. The highest BCUT2D eigenvalue weighted by Crippen LogP contribution is 2.21. The van der Waals surface area contributed by atoms with Crippen LogP contribution in [-0.4, -0.2) is 35.5 Å². The number of carboxylic acids is 1. The van der Waals surface area contributed by atoms with Crippen LogP contribution in [0.3, 0.4) is 0 Å². The maximum Gasteiger partial charge on any atom is 0.305 e. The number of carboxylic acid groups (broad SMARTS) is 1. The van der Waals surface area contributed by atoms with Gasteiger partial charge in [0, 0.05) is 20.2 Å². The Kier molecular flexibility index (Phi) is 6.80. The van der Waals surface area contributed by atoms with Crippen LogP contribution in [0.15, 0.2) is 48.5 Å². The Labute approximate surface area is 149 Å². The Bertz CT molecular complexity index is 767. The van der Waals surface area contributed by atoms with Crippen molar-refractivity contribution in [2.24, 2.45) is 0 Å². The molecule has 26 heavy (non-hydrogen) atoms. The molecule has 138 valence electrons. The third-order valence-corrected chi connectivity index (χ3v) is 3.83. The number of carbonyl (C=O) groups is 2. The topological polar surface area (TPSA) is 66.8 Å². The van der Waals surface area contributed by atoms with E-state index < -0.39 is 29.6 Å². The fourth-order valence-electron chi connectivity index (χ4n) is 2.53. The summed E-state index contributed by atoms with van der Waals surface area (Å²) in [6, 6.07) is 12.1. The summed E-state index contributed by atoms with van der Waals surface area (Å²) in [5.41, 5.74) is 0.969. The van der Waals surface area contributed by atoms with E-state index in [0.29, 0.717) is 11.1 Å². The lowest BCUT2D eigenvalue weighted by Crippen LogP contribution is -2.37. The van der Waals surface area contributed by atoms with E-state index >= 15 is 0 Å². The first kappa shape index (κ1) is 19.5. The number of amides is 1. The number of halogens is 2. The van der Waals surface area contributed by atoms with Crippen LogP contribution >= 0.6 is 0 Å². The van der Waals surface area contributed by atoms with Crippen molar-refractivity contribution in [2.45, 2.75) is 19.1 Å². The molecule has 0 heterocycles. The molecule has 0 saturated heterocycles. The number of benzene rings is 2. The van der Waals surface area contributed by atoms with Crippen LogP contribution in [0.1, 0.15) is 23.7 Å². The highest BCUT2D eigenvalue weighted by Gasteiger charge is 2.26. The summed E-state index contributed by atoms with van der Waals surface area (Å²) in [5.74, 6) is -3.54. The quantitative estimate of drug-likeness (QED) is 0.782. The van der Waals surface area contributed by atoms with Crippen LogP contribution < -0.4 is 0 Å². The molecule has 0 spiro atoms. The number of hydrogen-bond acceptors (Lipinski definition) is 3. The lowest BCUT2D eigenvalue weighted by Gasteiger charge is -2.26. The zero-order valence-electron chi connectivity index (χ0n) is 14.2. The molecule has 1 atom stereocenters. The van der Waals surface area contributed by atoms with Gasteiger partial charge in [0.1, 0.15) is 0 Å². The van der Waals surface area contributed by atoms with Gasteiger partial charge < -0.3 is 14.7 Å². The predicted octanol–water partition coefficient (Wildman–Crippen LogP) is 3.16. The second kappa shape index (κ2) is 9.05. The van der Waals surface area contributed by atoms with Crippen LogP contribution in [0.4, 0.5) is 8.78 Å². The summed E-state index contributed by atoms with van der Waals surface area (Å²) in [6.45, 7) is -0.143. The van der Waals surface area contributed by atoms with Gasteiger partial charge in [-0.05, 0) is 23.3 Å². The van der Waals surface area contributed by atoms with Crippen molar-refractivity contribution in [3.05, 3.63) is 71.3 Å². The summed E-state index contributed by atoms with van der Waals surface area (Å²) in [6.07, 6.45) is -1.20. The zero-order chi connectivity index (χ0) is 19.1. The minimum atomic E-state index is -1.07. The maximum atomic E-state index is 13.4. The van der Waals surface area contributed by atoms with E-state index in [2.05, 4.69) is 0 Å². The maximum absolute atomic E-state index is 13.4. The summed E-state index contributed by atoms with van der Waals surface area (Å²) < 4.78 is 31.8. The lowest BCUT2D eigenvalue weighted by molar-refractivity contribution is -0.144. The summed E-state index contributed by atoms with van der Waals surface area (Å²) in [4.78, 5) is 25.1. The van der Waals surface area contributed by atoms with Gasteiger partial charge in [-0.25, -0.2) is 8.78 Å². The van der Waals surface area contributed by atoms with E-state index in [9.17, 15) is 18.4 Å². The van der Waals surface area contributed by atoms with Gasteiger partial charge >= 0.3 is 5.97 Å². The molecule has 0 aliphatic heterocycles. The van der Waals surface area contributed by atoms with Gasteiger partial charge in [0.15, 0.2) is 17.7 Å². The van der Waals surface area contributed by atoms with Crippen molar-refractivity contribution < 1.29 is 28.2 Å². The Morgan fingerprint density at radius 2 is 1.81 bits per heavy atom. The first-order chi connectivity index (χ1) is 12.4. The number of carbonyl (C=O) groups excluding carboxylic acids is 1. The van der Waals surface area contributed by atoms with E-state index in [1.54, 1.807) is 30.3 Å². The molecule has 1 unspecified atom stereocenters. The van der Waals surface area contributed by atoms with E-state index in [4.69, 9.17) is 9.84 Å². The summed E-state index contributed by atoms with van der Waals surface area (Å²) in [5, 5.41) is 8.92. The van der Waals surface area contributed by atoms with E-state index in [1.807, 2.05) is 0 Å².